The second kappa shape index (κ2) is 5.00. The highest BCUT2D eigenvalue weighted by Crippen LogP contribution is 2.42. The molecule has 1 aliphatic rings. The molecule has 0 spiro atoms. The van der Waals surface area contributed by atoms with Gasteiger partial charge in [0.05, 0.1) is 17.8 Å². The molecule has 1 aromatic carbocycles. The minimum absolute atomic E-state index is 0.419. The van der Waals surface area contributed by atoms with Gasteiger partial charge < -0.3 is 10.1 Å². The van der Waals surface area contributed by atoms with E-state index in [2.05, 4.69) is 26.1 Å². The highest BCUT2D eigenvalue weighted by molar-refractivity contribution is 6.33. The molecule has 3 heteroatoms. The Hall–Kier alpha value is -0.890. The minimum atomic E-state index is 0.419. The zero-order chi connectivity index (χ0) is 13.3. The summed E-state index contributed by atoms with van der Waals surface area (Å²) < 4.78 is 5.24. The Balaban J connectivity index is 2.14. The molecule has 1 aromatic rings. The smallest absolute Gasteiger partial charge is 0.121 e. The summed E-state index contributed by atoms with van der Waals surface area (Å²) in [6.45, 7) is 6.97. The highest BCUT2D eigenvalue weighted by atomic mass is 35.5. The maximum atomic E-state index is 6.23. The number of anilines is 1. The average molecular weight is 268 g/mol. The first-order chi connectivity index (χ1) is 8.41. The molecule has 1 aliphatic carbocycles. The molecule has 1 saturated carbocycles. The Bertz CT molecular complexity index is 431. The van der Waals surface area contributed by atoms with Crippen molar-refractivity contribution in [1.29, 1.82) is 0 Å². The molecule has 0 heterocycles. The van der Waals surface area contributed by atoms with Crippen LogP contribution in [0, 0.1) is 11.3 Å². The van der Waals surface area contributed by atoms with Gasteiger partial charge in [-0.15, -0.1) is 0 Å². The monoisotopic (exact) mass is 267 g/mol. The summed E-state index contributed by atoms with van der Waals surface area (Å²) in [5.74, 6) is 1.51. The van der Waals surface area contributed by atoms with Gasteiger partial charge in [-0.2, -0.15) is 0 Å². The molecule has 2 unspecified atom stereocenters. The van der Waals surface area contributed by atoms with E-state index in [1.807, 2.05) is 18.2 Å². The van der Waals surface area contributed by atoms with Gasteiger partial charge in [0.1, 0.15) is 5.75 Å². The van der Waals surface area contributed by atoms with Gasteiger partial charge in [0.2, 0.25) is 0 Å². The number of rotatable bonds is 3. The third-order valence-corrected chi connectivity index (χ3v) is 4.18. The number of halogens is 1. The van der Waals surface area contributed by atoms with Crippen LogP contribution in [0.1, 0.15) is 33.6 Å². The summed E-state index contributed by atoms with van der Waals surface area (Å²) in [6.07, 6.45) is 2.44. The summed E-state index contributed by atoms with van der Waals surface area (Å²) in [5.41, 5.74) is 1.40. The molecule has 18 heavy (non-hydrogen) atoms. The van der Waals surface area contributed by atoms with Crippen LogP contribution in [0.25, 0.3) is 0 Å². The minimum Gasteiger partial charge on any atom is -0.497 e. The Morgan fingerprint density at radius 3 is 2.61 bits per heavy atom. The van der Waals surface area contributed by atoms with Gasteiger partial charge in [-0.05, 0) is 36.3 Å². The number of hydrogen-bond donors (Lipinski definition) is 1. The Morgan fingerprint density at radius 2 is 2.06 bits per heavy atom. The lowest BCUT2D eigenvalue weighted by atomic mass is 9.91. The third-order valence-electron chi connectivity index (χ3n) is 3.85. The molecule has 0 bridgehead atoms. The summed E-state index contributed by atoms with van der Waals surface area (Å²) in [4.78, 5) is 0. The SMILES string of the molecule is COc1ccc(Cl)c(NC2CC(C)(C)CC2C)c1. The van der Waals surface area contributed by atoms with Gasteiger partial charge in [0, 0.05) is 12.1 Å². The van der Waals surface area contributed by atoms with E-state index in [1.54, 1.807) is 7.11 Å². The van der Waals surface area contributed by atoms with Gasteiger partial charge >= 0.3 is 0 Å². The van der Waals surface area contributed by atoms with Crippen molar-refractivity contribution in [3.63, 3.8) is 0 Å². The second-order valence-corrected chi connectivity index (χ2v) is 6.55. The Labute approximate surface area is 115 Å². The van der Waals surface area contributed by atoms with Gasteiger partial charge in [0.25, 0.3) is 0 Å². The highest BCUT2D eigenvalue weighted by Gasteiger charge is 2.36. The molecule has 0 saturated heterocycles. The van der Waals surface area contributed by atoms with E-state index in [4.69, 9.17) is 16.3 Å². The van der Waals surface area contributed by atoms with Crippen LogP contribution in [-0.2, 0) is 0 Å². The van der Waals surface area contributed by atoms with Crippen molar-refractivity contribution in [2.45, 2.75) is 39.7 Å². The van der Waals surface area contributed by atoms with Crippen molar-refractivity contribution in [2.24, 2.45) is 11.3 Å². The van der Waals surface area contributed by atoms with E-state index in [1.165, 1.54) is 12.8 Å². The second-order valence-electron chi connectivity index (χ2n) is 6.15. The molecule has 0 amide bonds. The summed E-state index contributed by atoms with van der Waals surface area (Å²) >= 11 is 6.23. The van der Waals surface area contributed by atoms with Crippen molar-refractivity contribution in [3.05, 3.63) is 23.2 Å². The lowest BCUT2D eigenvalue weighted by Crippen LogP contribution is -2.22. The third kappa shape index (κ3) is 2.92. The van der Waals surface area contributed by atoms with Crippen LogP contribution in [0.15, 0.2) is 18.2 Å². The zero-order valence-corrected chi connectivity index (χ0v) is 12.3. The van der Waals surface area contributed by atoms with Crippen molar-refractivity contribution in [1.82, 2.24) is 0 Å². The van der Waals surface area contributed by atoms with E-state index in [0.29, 0.717) is 17.4 Å². The van der Waals surface area contributed by atoms with E-state index in [0.717, 1.165) is 16.5 Å². The van der Waals surface area contributed by atoms with Gasteiger partial charge in [-0.1, -0.05) is 32.4 Å². The van der Waals surface area contributed by atoms with E-state index >= 15 is 0 Å². The fourth-order valence-electron chi connectivity index (χ4n) is 3.03. The fraction of sp³-hybridized carbons (Fsp3) is 0.600. The van der Waals surface area contributed by atoms with Crippen molar-refractivity contribution in [2.75, 3.05) is 12.4 Å². The predicted molar refractivity (Wildman–Crippen MR) is 77.6 cm³/mol. The number of hydrogen-bond acceptors (Lipinski definition) is 2. The zero-order valence-electron chi connectivity index (χ0n) is 11.6. The van der Waals surface area contributed by atoms with Gasteiger partial charge in [-0.25, -0.2) is 0 Å². The van der Waals surface area contributed by atoms with E-state index in [-0.39, 0.29) is 0 Å². The Kier molecular flexibility index (Phi) is 3.76. The molecule has 1 N–H and O–H groups in total. The number of nitrogens with one attached hydrogen (secondary N) is 1. The van der Waals surface area contributed by atoms with Crippen LogP contribution in [-0.4, -0.2) is 13.2 Å². The van der Waals surface area contributed by atoms with Crippen molar-refractivity contribution >= 4 is 17.3 Å². The number of ether oxygens (including phenoxy) is 1. The van der Waals surface area contributed by atoms with Crippen LogP contribution in [0.2, 0.25) is 5.02 Å². The van der Waals surface area contributed by atoms with Crippen molar-refractivity contribution < 1.29 is 4.74 Å². The summed E-state index contributed by atoms with van der Waals surface area (Å²) in [6, 6.07) is 6.23. The molecular formula is C15H22ClNO. The number of benzene rings is 1. The van der Waals surface area contributed by atoms with Crippen molar-refractivity contribution in [3.8, 4) is 5.75 Å². The lowest BCUT2D eigenvalue weighted by molar-refractivity contribution is 0.366. The quantitative estimate of drug-likeness (QED) is 0.865. The van der Waals surface area contributed by atoms with E-state index in [9.17, 15) is 0 Å². The normalized spacial score (nSPS) is 26.1. The molecule has 0 aromatic heterocycles. The summed E-state index contributed by atoms with van der Waals surface area (Å²) in [7, 11) is 1.67. The molecular weight excluding hydrogens is 246 g/mol. The topological polar surface area (TPSA) is 21.3 Å². The van der Waals surface area contributed by atoms with Crippen LogP contribution >= 0.6 is 11.6 Å². The molecule has 1 fully saturated rings. The van der Waals surface area contributed by atoms with Crippen LogP contribution < -0.4 is 10.1 Å². The van der Waals surface area contributed by atoms with E-state index < -0.39 is 0 Å². The molecule has 2 nitrogen and oxygen atoms in total. The lowest BCUT2D eigenvalue weighted by Gasteiger charge is -2.21. The molecule has 2 atom stereocenters. The van der Waals surface area contributed by atoms with Gasteiger partial charge in [-0.3, -0.25) is 0 Å². The number of methoxy groups -OCH3 is 1. The van der Waals surface area contributed by atoms with Crippen LogP contribution in [0.3, 0.4) is 0 Å². The van der Waals surface area contributed by atoms with Crippen LogP contribution in [0.4, 0.5) is 5.69 Å². The molecule has 0 aliphatic heterocycles. The largest absolute Gasteiger partial charge is 0.497 e. The molecule has 2 rings (SSSR count). The molecule has 0 radical (unpaired) electrons. The first-order valence-electron chi connectivity index (χ1n) is 6.51. The maximum Gasteiger partial charge on any atom is 0.121 e. The maximum absolute atomic E-state index is 6.23. The predicted octanol–water partition coefficient (Wildman–Crippen LogP) is 4.59. The van der Waals surface area contributed by atoms with Crippen LogP contribution in [0.5, 0.6) is 5.75 Å². The average Bonchev–Trinajstić information content (AvgIpc) is 2.55. The fourth-order valence-corrected chi connectivity index (χ4v) is 3.20. The standard InChI is InChI=1S/C15H22ClNO/c1-10-8-15(2,3)9-14(10)17-13-7-11(18-4)5-6-12(13)16/h5-7,10,14,17H,8-9H2,1-4H3. The Morgan fingerprint density at radius 1 is 1.33 bits per heavy atom. The first kappa shape index (κ1) is 13.5. The summed E-state index contributed by atoms with van der Waals surface area (Å²) in [5, 5.41) is 4.33. The molecule has 100 valence electrons. The van der Waals surface area contributed by atoms with Gasteiger partial charge in [0.15, 0.2) is 0 Å². The first-order valence-corrected chi connectivity index (χ1v) is 6.89.